The van der Waals surface area contributed by atoms with Crippen molar-refractivity contribution in [3.63, 3.8) is 0 Å². The fourth-order valence-corrected chi connectivity index (χ4v) is 1.96. The summed E-state index contributed by atoms with van der Waals surface area (Å²) in [6.45, 7) is 2.45. The fraction of sp³-hybridized carbons (Fsp3) is 0.400. The highest BCUT2D eigenvalue weighted by Gasteiger charge is 2.11. The maximum absolute atomic E-state index is 11.1. The smallest absolute Gasteiger partial charge is 0.238 e. The van der Waals surface area contributed by atoms with Crippen LogP contribution in [-0.2, 0) is 14.8 Å². The molecule has 0 aromatic heterocycles. The Hall–Kier alpha value is -1.31. The summed E-state index contributed by atoms with van der Waals surface area (Å²) in [4.78, 5) is -0.0000513. The molecule has 1 aromatic carbocycles. The normalized spacial score (nSPS) is 13.4. The summed E-state index contributed by atoms with van der Waals surface area (Å²) in [5.41, 5.74) is 6.73. The second-order valence-electron chi connectivity index (χ2n) is 3.79. The Kier molecular flexibility index (Phi) is 4.33. The van der Waals surface area contributed by atoms with Crippen LogP contribution in [-0.4, -0.2) is 28.2 Å². The first-order valence-corrected chi connectivity index (χ1v) is 6.57. The molecule has 1 atom stereocenters. The Morgan fingerprint density at radius 3 is 2.59 bits per heavy atom. The molecule has 0 saturated carbocycles. The summed E-state index contributed by atoms with van der Waals surface area (Å²) in [7, 11) is -2.11. The van der Waals surface area contributed by atoms with Crippen LogP contribution in [0.4, 0.5) is 11.4 Å². The molecular formula is C10H17N3O3S. The van der Waals surface area contributed by atoms with Crippen molar-refractivity contribution >= 4 is 21.4 Å². The Bertz CT molecular complexity index is 488. The SMILES string of the molecule is COCC(C)Nc1ccc(S(N)(=O)=O)cc1N. The average Bonchev–Trinajstić information content (AvgIpc) is 2.20. The van der Waals surface area contributed by atoms with Crippen molar-refractivity contribution in [1.82, 2.24) is 0 Å². The lowest BCUT2D eigenvalue weighted by Gasteiger charge is -2.16. The van der Waals surface area contributed by atoms with Crippen molar-refractivity contribution in [2.24, 2.45) is 5.14 Å². The molecule has 5 N–H and O–H groups in total. The van der Waals surface area contributed by atoms with Gasteiger partial charge < -0.3 is 15.8 Å². The van der Waals surface area contributed by atoms with E-state index in [0.29, 0.717) is 18.0 Å². The number of methoxy groups -OCH3 is 1. The van der Waals surface area contributed by atoms with E-state index in [2.05, 4.69) is 5.32 Å². The highest BCUT2D eigenvalue weighted by molar-refractivity contribution is 7.89. The molecule has 0 spiro atoms. The van der Waals surface area contributed by atoms with Gasteiger partial charge in [-0.3, -0.25) is 0 Å². The molecule has 0 radical (unpaired) electrons. The highest BCUT2D eigenvalue weighted by Crippen LogP contribution is 2.22. The van der Waals surface area contributed by atoms with Crippen LogP contribution in [0.5, 0.6) is 0 Å². The van der Waals surface area contributed by atoms with E-state index in [0.717, 1.165) is 0 Å². The third kappa shape index (κ3) is 3.88. The summed E-state index contributed by atoms with van der Waals surface area (Å²) in [6, 6.07) is 4.40. The number of nitrogen functional groups attached to an aromatic ring is 1. The van der Waals surface area contributed by atoms with Gasteiger partial charge >= 0.3 is 0 Å². The van der Waals surface area contributed by atoms with Gasteiger partial charge in [0.1, 0.15) is 0 Å². The third-order valence-corrected chi connectivity index (χ3v) is 3.08. The number of hydrogen-bond acceptors (Lipinski definition) is 5. The van der Waals surface area contributed by atoms with Crippen molar-refractivity contribution in [3.05, 3.63) is 18.2 Å². The van der Waals surface area contributed by atoms with Crippen LogP contribution in [0.2, 0.25) is 0 Å². The Morgan fingerprint density at radius 2 is 2.12 bits per heavy atom. The van der Waals surface area contributed by atoms with Crippen molar-refractivity contribution in [1.29, 1.82) is 0 Å². The van der Waals surface area contributed by atoms with Crippen molar-refractivity contribution in [2.45, 2.75) is 17.9 Å². The van der Waals surface area contributed by atoms with Crippen LogP contribution < -0.4 is 16.2 Å². The summed E-state index contributed by atoms with van der Waals surface area (Å²) < 4.78 is 27.2. The first kappa shape index (κ1) is 13.8. The number of primary sulfonamides is 1. The second-order valence-corrected chi connectivity index (χ2v) is 5.36. The van der Waals surface area contributed by atoms with Gasteiger partial charge in [0.25, 0.3) is 0 Å². The minimum atomic E-state index is -3.71. The molecule has 0 saturated heterocycles. The van der Waals surface area contributed by atoms with Gasteiger partial charge in [-0.15, -0.1) is 0 Å². The maximum Gasteiger partial charge on any atom is 0.238 e. The molecule has 1 aromatic rings. The lowest BCUT2D eigenvalue weighted by Crippen LogP contribution is -2.21. The lowest BCUT2D eigenvalue weighted by atomic mass is 10.2. The first-order valence-electron chi connectivity index (χ1n) is 5.02. The molecule has 0 bridgehead atoms. The van der Waals surface area contributed by atoms with E-state index in [1.165, 1.54) is 12.1 Å². The topological polar surface area (TPSA) is 107 Å². The van der Waals surface area contributed by atoms with Gasteiger partial charge in [-0.2, -0.15) is 0 Å². The number of hydrogen-bond donors (Lipinski definition) is 3. The van der Waals surface area contributed by atoms with Gasteiger partial charge in [0, 0.05) is 13.2 Å². The van der Waals surface area contributed by atoms with E-state index in [9.17, 15) is 8.42 Å². The zero-order chi connectivity index (χ0) is 13.1. The van der Waals surface area contributed by atoms with E-state index in [4.69, 9.17) is 15.6 Å². The molecule has 96 valence electrons. The van der Waals surface area contributed by atoms with E-state index < -0.39 is 10.0 Å². The van der Waals surface area contributed by atoms with Gasteiger partial charge in [-0.25, -0.2) is 13.6 Å². The minimum Gasteiger partial charge on any atom is -0.397 e. The largest absolute Gasteiger partial charge is 0.397 e. The van der Waals surface area contributed by atoms with Gasteiger partial charge in [-0.05, 0) is 25.1 Å². The average molecular weight is 259 g/mol. The quantitative estimate of drug-likeness (QED) is 0.662. The second kappa shape index (κ2) is 5.35. The van der Waals surface area contributed by atoms with Crippen LogP contribution in [0.15, 0.2) is 23.1 Å². The van der Waals surface area contributed by atoms with E-state index >= 15 is 0 Å². The molecule has 1 rings (SSSR count). The van der Waals surface area contributed by atoms with Gasteiger partial charge in [0.2, 0.25) is 10.0 Å². The number of ether oxygens (including phenoxy) is 1. The minimum absolute atomic E-state index is 0.0000513. The van der Waals surface area contributed by atoms with Crippen molar-refractivity contribution in [2.75, 3.05) is 24.8 Å². The zero-order valence-corrected chi connectivity index (χ0v) is 10.6. The number of sulfonamides is 1. The molecular weight excluding hydrogens is 242 g/mol. The van der Waals surface area contributed by atoms with Crippen LogP contribution in [0.1, 0.15) is 6.92 Å². The van der Waals surface area contributed by atoms with E-state index in [1.807, 2.05) is 6.92 Å². The number of nitrogens with two attached hydrogens (primary N) is 2. The summed E-state index contributed by atoms with van der Waals surface area (Å²) >= 11 is 0. The number of nitrogens with one attached hydrogen (secondary N) is 1. The molecule has 17 heavy (non-hydrogen) atoms. The van der Waals surface area contributed by atoms with Crippen molar-refractivity contribution in [3.8, 4) is 0 Å². The predicted molar refractivity (Wildman–Crippen MR) is 67.2 cm³/mol. The maximum atomic E-state index is 11.1. The molecule has 6 nitrogen and oxygen atoms in total. The summed E-state index contributed by atoms with van der Waals surface area (Å²) in [5.74, 6) is 0. The number of benzene rings is 1. The number of rotatable bonds is 5. The van der Waals surface area contributed by atoms with E-state index in [1.54, 1.807) is 13.2 Å². The Labute approximate surface area is 101 Å². The van der Waals surface area contributed by atoms with Crippen LogP contribution in [0.25, 0.3) is 0 Å². The van der Waals surface area contributed by atoms with Crippen LogP contribution in [0, 0.1) is 0 Å². The Morgan fingerprint density at radius 1 is 1.47 bits per heavy atom. The molecule has 0 aliphatic heterocycles. The molecule has 0 aliphatic carbocycles. The fourth-order valence-electron chi connectivity index (χ4n) is 1.41. The molecule has 1 unspecified atom stereocenters. The standard InChI is InChI=1S/C10H17N3O3S/c1-7(6-16-2)13-10-4-3-8(5-9(10)11)17(12,14)15/h3-5,7,13H,6,11H2,1-2H3,(H2,12,14,15). The van der Waals surface area contributed by atoms with Gasteiger partial charge in [0.05, 0.1) is 22.9 Å². The van der Waals surface area contributed by atoms with Crippen molar-refractivity contribution < 1.29 is 13.2 Å². The Balaban J connectivity index is 2.91. The number of anilines is 2. The van der Waals surface area contributed by atoms with Crippen LogP contribution >= 0.6 is 0 Å². The molecule has 7 heteroatoms. The summed E-state index contributed by atoms with van der Waals surface area (Å²) in [6.07, 6.45) is 0. The van der Waals surface area contributed by atoms with Crippen LogP contribution in [0.3, 0.4) is 0 Å². The first-order chi connectivity index (χ1) is 7.84. The monoisotopic (exact) mass is 259 g/mol. The predicted octanol–water partition coefficient (Wildman–Crippen LogP) is 0.363. The third-order valence-electron chi connectivity index (χ3n) is 2.17. The zero-order valence-electron chi connectivity index (χ0n) is 9.80. The molecule has 0 aliphatic rings. The lowest BCUT2D eigenvalue weighted by molar-refractivity contribution is 0.190. The highest BCUT2D eigenvalue weighted by atomic mass is 32.2. The molecule has 0 heterocycles. The van der Waals surface area contributed by atoms with Gasteiger partial charge in [0.15, 0.2) is 0 Å². The molecule has 0 fully saturated rings. The summed E-state index contributed by atoms with van der Waals surface area (Å²) in [5, 5.41) is 8.11. The molecule has 0 amide bonds. The van der Waals surface area contributed by atoms with Gasteiger partial charge in [-0.1, -0.05) is 0 Å². The van der Waals surface area contributed by atoms with E-state index in [-0.39, 0.29) is 10.9 Å².